The van der Waals surface area contributed by atoms with Gasteiger partial charge in [0.25, 0.3) is 0 Å². The molecule has 1 aromatic carbocycles. The van der Waals surface area contributed by atoms with E-state index in [2.05, 4.69) is 30.2 Å². The predicted molar refractivity (Wildman–Crippen MR) is 106 cm³/mol. The van der Waals surface area contributed by atoms with Crippen LogP contribution in [-0.4, -0.2) is 31.3 Å². The number of ether oxygens (including phenoxy) is 2. The number of hydrogen-bond donors (Lipinski definition) is 1. The Balaban J connectivity index is 0.00000163. The van der Waals surface area contributed by atoms with E-state index in [1.54, 1.807) is 6.07 Å². The molecular weight excluding hydrogens is 331 g/mol. The molecule has 2 aromatic rings. The molecule has 0 spiro atoms. The predicted octanol–water partition coefficient (Wildman–Crippen LogP) is 5.19. The molecule has 0 saturated heterocycles. The van der Waals surface area contributed by atoms with Gasteiger partial charge in [0.1, 0.15) is 24.0 Å². The maximum Gasteiger partial charge on any atom is 0.126 e. The van der Waals surface area contributed by atoms with Gasteiger partial charge in [-0.05, 0) is 36.1 Å². The highest BCUT2D eigenvalue weighted by Gasteiger charge is 2.02. The van der Waals surface area contributed by atoms with Crippen molar-refractivity contribution in [2.75, 3.05) is 31.7 Å². The molecule has 0 amide bonds. The number of aryl methyl sites for hydroxylation is 1. The van der Waals surface area contributed by atoms with Crippen LogP contribution in [0.25, 0.3) is 0 Å². The van der Waals surface area contributed by atoms with Crippen LogP contribution in [0.15, 0.2) is 36.5 Å². The van der Waals surface area contributed by atoms with E-state index in [1.807, 2.05) is 33.0 Å². The number of aromatic nitrogens is 1. The molecule has 0 radical (unpaired) electrons. The van der Waals surface area contributed by atoms with Gasteiger partial charge in [0.15, 0.2) is 0 Å². The lowest BCUT2D eigenvalue weighted by Crippen LogP contribution is -2.14. The third-order valence-corrected chi connectivity index (χ3v) is 3.64. The van der Waals surface area contributed by atoms with E-state index in [9.17, 15) is 4.39 Å². The summed E-state index contributed by atoms with van der Waals surface area (Å²) in [7, 11) is 0. The van der Waals surface area contributed by atoms with Crippen molar-refractivity contribution in [2.24, 2.45) is 0 Å². The lowest BCUT2D eigenvalue weighted by Gasteiger charge is -2.10. The Bertz CT molecular complexity index is 630. The Morgan fingerprint density at radius 1 is 1.08 bits per heavy atom. The molecule has 0 aliphatic heterocycles. The minimum atomic E-state index is -0.295. The van der Waals surface area contributed by atoms with Crippen LogP contribution in [-0.2, 0) is 4.74 Å². The monoisotopic (exact) mass is 362 g/mol. The molecule has 1 N–H and O–H groups in total. The van der Waals surface area contributed by atoms with E-state index < -0.39 is 0 Å². The molecule has 5 heteroatoms. The number of nitrogens with one attached hydrogen (secondary N) is 1. The first-order valence-corrected chi connectivity index (χ1v) is 9.23. The maximum absolute atomic E-state index is 13.1. The summed E-state index contributed by atoms with van der Waals surface area (Å²) in [5.41, 5.74) is 2.13. The van der Waals surface area contributed by atoms with E-state index in [-0.39, 0.29) is 5.82 Å². The highest BCUT2D eigenvalue weighted by Crippen LogP contribution is 2.18. The normalized spacial score (nSPS) is 10.3. The molecule has 4 nitrogen and oxygen atoms in total. The second-order valence-corrected chi connectivity index (χ2v) is 5.93. The van der Waals surface area contributed by atoms with Gasteiger partial charge in [0.2, 0.25) is 0 Å². The first kappa shape index (κ1) is 21.9. The van der Waals surface area contributed by atoms with Gasteiger partial charge in [-0.2, -0.15) is 0 Å². The highest BCUT2D eigenvalue weighted by atomic mass is 19.1. The Kier molecular flexibility index (Phi) is 10.3. The Labute approximate surface area is 156 Å². The smallest absolute Gasteiger partial charge is 0.126 e. The maximum atomic E-state index is 13.1. The van der Waals surface area contributed by atoms with Crippen molar-refractivity contribution in [3.63, 3.8) is 0 Å². The number of nitrogens with zero attached hydrogens (tertiary/aromatic N) is 1. The molecular formula is C21H31FN2O2. The molecule has 0 aliphatic carbocycles. The molecule has 0 aliphatic rings. The minimum Gasteiger partial charge on any atom is -0.491 e. The molecule has 1 aromatic heterocycles. The largest absolute Gasteiger partial charge is 0.491 e. The average molecular weight is 362 g/mol. The molecule has 2 rings (SSSR count). The number of anilines is 1. The Hall–Kier alpha value is -2.14. The lowest BCUT2D eigenvalue weighted by molar-refractivity contribution is 0.107. The van der Waals surface area contributed by atoms with Crippen LogP contribution in [0.5, 0.6) is 5.75 Å². The first-order valence-electron chi connectivity index (χ1n) is 9.23. The molecule has 0 saturated carbocycles. The number of pyridine rings is 1. The van der Waals surface area contributed by atoms with Crippen LogP contribution in [0, 0.1) is 12.7 Å². The summed E-state index contributed by atoms with van der Waals surface area (Å²) >= 11 is 0. The van der Waals surface area contributed by atoms with E-state index >= 15 is 0 Å². The van der Waals surface area contributed by atoms with Crippen LogP contribution in [0.2, 0.25) is 0 Å². The van der Waals surface area contributed by atoms with Gasteiger partial charge >= 0.3 is 0 Å². The van der Waals surface area contributed by atoms with Gasteiger partial charge < -0.3 is 14.8 Å². The minimum absolute atomic E-state index is 0.295. The SMILES string of the molecule is CC.Cc1ccc(F)cc1OCCOCCNc1ccc(C(C)C)cn1. The van der Waals surface area contributed by atoms with Gasteiger partial charge in [-0.1, -0.05) is 39.8 Å². The molecule has 1 heterocycles. The van der Waals surface area contributed by atoms with E-state index in [4.69, 9.17) is 9.47 Å². The second kappa shape index (κ2) is 12.3. The third-order valence-electron chi connectivity index (χ3n) is 3.64. The summed E-state index contributed by atoms with van der Waals surface area (Å²) in [4.78, 5) is 4.36. The van der Waals surface area contributed by atoms with Crippen LogP contribution in [0.4, 0.5) is 10.2 Å². The van der Waals surface area contributed by atoms with E-state index in [0.717, 1.165) is 11.4 Å². The van der Waals surface area contributed by atoms with Gasteiger partial charge in [-0.15, -0.1) is 0 Å². The number of hydrogen-bond acceptors (Lipinski definition) is 4. The zero-order valence-electron chi connectivity index (χ0n) is 16.5. The van der Waals surface area contributed by atoms with Crippen LogP contribution in [0.3, 0.4) is 0 Å². The number of benzene rings is 1. The fraction of sp³-hybridized carbons (Fsp3) is 0.476. The zero-order chi connectivity index (χ0) is 19.4. The summed E-state index contributed by atoms with van der Waals surface area (Å²) in [6.45, 7) is 12.3. The first-order chi connectivity index (χ1) is 12.6. The number of rotatable bonds is 9. The van der Waals surface area contributed by atoms with Crippen molar-refractivity contribution in [1.29, 1.82) is 0 Å². The standard InChI is InChI=1S/C19H25FN2O2.C2H6/c1-14(2)16-5-7-19(22-13-16)21-8-9-23-10-11-24-18-12-17(20)6-4-15(18)3;1-2/h4-7,12-14H,8-11H2,1-3H3,(H,21,22);1-2H3. The lowest BCUT2D eigenvalue weighted by atomic mass is 10.1. The molecule has 0 unspecified atom stereocenters. The van der Waals surface area contributed by atoms with Crippen molar-refractivity contribution in [3.05, 3.63) is 53.5 Å². The van der Waals surface area contributed by atoms with Gasteiger partial charge in [-0.3, -0.25) is 0 Å². The summed E-state index contributed by atoms with van der Waals surface area (Å²) in [6.07, 6.45) is 1.89. The fourth-order valence-electron chi connectivity index (χ4n) is 2.14. The van der Waals surface area contributed by atoms with Crippen molar-refractivity contribution in [3.8, 4) is 5.75 Å². The second-order valence-electron chi connectivity index (χ2n) is 5.93. The molecule has 0 atom stereocenters. The van der Waals surface area contributed by atoms with Crippen LogP contribution in [0.1, 0.15) is 44.7 Å². The fourth-order valence-corrected chi connectivity index (χ4v) is 2.14. The topological polar surface area (TPSA) is 43.4 Å². The van der Waals surface area contributed by atoms with Crippen molar-refractivity contribution in [2.45, 2.75) is 40.5 Å². The Morgan fingerprint density at radius 3 is 2.50 bits per heavy atom. The van der Waals surface area contributed by atoms with E-state index in [0.29, 0.717) is 38.0 Å². The summed E-state index contributed by atoms with van der Waals surface area (Å²) in [5.74, 6) is 1.59. The van der Waals surface area contributed by atoms with Crippen molar-refractivity contribution in [1.82, 2.24) is 4.98 Å². The van der Waals surface area contributed by atoms with Gasteiger partial charge in [-0.25, -0.2) is 9.37 Å². The third kappa shape index (κ3) is 7.83. The molecule has 26 heavy (non-hydrogen) atoms. The average Bonchev–Trinajstić information content (AvgIpc) is 2.65. The summed E-state index contributed by atoms with van der Waals surface area (Å²) in [5, 5.41) is 3.21. The quantitative estimate of drug-likeness (QED) is 0.624. The number of halogens is 1. The Morgan fingerprint density at radius 2 is 1.85 bits per heavy atom. The summed E-state index contributed by atoms with van der Waals surface area (Å²) < 4.78 is 24.1. The zero-order valence-corrected chi connectivity index (χ0v) is 16.5. The molecule has 0 fully saturated rings. The van der Waals surface area contributed by atoms with E-state index in [1.165, 1.54) is 17.7 Å². The van der Waals surface area contributed by atoms with Gasteiger partial charge in [0, 0.05) is 18.8 Å². The van der Waals surface area contributed by atoms with Crippen LogP contribution < -0.4 is 10.1 Å². The van der Waals surface area contributed by atoms with Crippen LogP contribution >= 0.6 is 0 Å². The van der Waals surface area contributed by atoms with Crippen molar-refractivity contribution < 1.29 is 13.9 Å². The van der Waals surface area contributed by atoms with Crippen molar-refractivity contribution >= 4 is 5.82 Å². The molecule has 0 bridgehead atoms. The summed E-state index contributed by atoms with van der Waals surface area (Å²) in [6, 6.07) is 8.57. The highest BCUT2D eigenvalue weighted by molar-refractivity contribution is 5.36. The van der Waals surface area contributed by atoms with Gasteiger partial charge in [0.05, 0.1) is 13.2 Å². The molecule has 144 valence electrons.